The zero-order chi connectivity index (χ0) is 10.3. The summed E-state index contributed by atoms with van der Waals surface area (Å²) >= 11 is 0. The number of hydrogen-bond acceptors (Lipinski definition) is 3. The summed E-state index contributed by atoms with van der Waals surface area (Å²) in [5.74, 6) is -0.138. The van der Waals surface area contributed by atoms with Crippen molar-refractivity contribution in [3.05, 3.63) is 18.2 Å². The van der Waals surface area contributed by atoms with Gasteiger partial charge in [0.05, 0.1) is 0 Å². The molecule has 0 bridgehead atoms. The third-order valence-corrected chi connectivity index (χ3v) is 1.91. The minimum absolute atomic E-state index is 0.0478. The van der Waals surface area contributed by atoms with E-state index in [9.17, 15) is 13.8 Å². The molecule has 1 aliphatic rings. The number of para-hydroxylation sites is 1. The van der Waals surface area contributed by atoms with E-state index in [1.54, 1.807) is 0 Å². The normalized spacial score (nSPS) is 16.9. The summed E-state index contributed by atoms with van der Waals surface area (Å²) in [4.78, 5) is 0. The highest BCUT2D eigenvalue weighted by Crippen LogP contribution is 2.39. The van der Waals surface area contributed by atoms with Gasteiger partial charge in [0, 0.05) is 0 Å². The van der Waals surface area contributed by atoms with Crippen molar-refractivity contribution in [2.24, 2.45) is 0 Å². The molecular formula is C8H7BF2O3. The van der Waals surface area contributed by atoms with E-state index in [1.165, 1.54) is 25.0 Å². The summed E-state index contributed by atoms with van der Waals surface area (Å²) in [6.07, 6.45) is -3.63. The third-order valence-electron chi connectivity index (χ3n) is 1.91. The van der Waals surface area contributed by atoms with Gasteiger partial charge < -0.3 is 14.5 Å². The number of hydrogen-bond donors (Lipinski definition) is 1. The first-order valence-electron chi connectivity index (χ1n) is 4.06. The number of benzene rings is 1. The van der Waals surface area contributed by atoms with Crippen molar-refractivity contribution < 1.29 is 23.3 Å². The summed E-state index contributed by atoms with van der Waals surface area (Å²) in [5, 5.41) is 9.28. The number of fused-ring (bicyclic) bond motifs is 1. The Bertz CT molecular complexity index is 368. The van der Waals surface area contributed by atoms with Gasteiger partial charge >= 0.3 is 13.2 Å². The van der Waals surface area contributed by atoms with Crippen LogP contribution < -0.4 is 14.9 Å². The highest BCUT2D eigenvalue weighted by molar-refractivity contribution is 6.65. The van der Waals surface area contributed by atoms with Crippen molar-refractivity contribution in [3.8, 4) is 11.5 Å². The SMILES string of the molecule is CB(O)c1cccc2c1OC(F)(F)O2. The van der Waals surface area contributed by atoms with Crippen LogP contribution in [0.15, 0.2) is 18.2 Å². The average Bonchev–Trinajstić information content (AvgIpc) is 2.36. The van der Waals surface area contributed by atoms with E-state index in [-0.39, 0.29) is 11.5 Å². The Balaban J connectivity index is 2.46. The molecule has 1 aromatic rings. The van der Waals surface area contributed by atoms with Gasteiger partial charge in [-0.2, -0.15) is 0 Å². The zero-order valence-corrected chi connectivity index (χ0v) is 7.33. The molecule has 1 heterocycles. The fraction of sp³-hybridized carbons (Fsp3) is 0.250. The van der Waals surface area contributed by atoms with Gasteiger partial charge in [0.15, 0.2) is 11.5 Å². The summed E-state index contributed by atoms with van der Waals surface area (Å²) in [6.45, 7) is 0.595. The van der Waals surface area contributed by atoms with E-state index in [4.69, 9.17) is 0 Å². The Kier molecular flexibility index (Phi) is 1.88. The van der Waals surface area contributed by atoms with Crippen LogP contribution in [0.25, 0.3) is 0 Å². The van der Waals surface area contributed by atoms with Crippen LogP contribution in [0.5, 0.6) is 11.5 Å². The van der Waals surface area contributed by atoms with E-state index >= 15 is 0 Å². The molecule has 74 valence electrons. The Hall–Kier alpha value is -1.30. The van der Waals surface area contributed by atoms with Crippen LogP contribution in [0.1, 0.15) is 0 Å². The molecule has 0 aliphatic carbocycles. The van der Waals surface area contributed by atoms with Crippen LogP contribution in [-0.4, -0.2) is 18.2 Å². The van der Waals surface area contributed by atoms with Gasteiger partial charge in [0.2, 0.25) is 0 Å². The lowest BCUT2D eigenvalue weighted by Gasteiger charge is -2.06. The molecule has 3 nitrogen and oxygen atoms in total. The van der Waals surface area contributed by atoms with Crippen LogP contribution in [-0.2, 0) is 0 Å². The van der Waals surface area contributed by atoms with E-state index < -0.39 is 13.2 Å². The maximum Gasteiger partial charge on any atom is 0.586 e. The second kappa shape index (κ2) is 2.85. The smallest absolute Gasteiger partial charge is 0.446 e. The molecule has 0 aromatic heterocycles. The molecule has 0 spiro atoms. The minimum atomic E-state index is -3.63. The molecule has 0 fully saturated rings. The Morgan fingerprint density at radius 2 is 2.07 bits per heavy atom. The topological polar surface area (TPSA) is 38.7 Å². The van der Waals surface area contributed by atoms with Crippen LogP contribution in [0, 0.1) is 0 Å². The van der Waals surface area contributed by atoms with Crippen molar-refractivity contribution in [2.75, 3.05) is 0 Å². The molecule has 1 aromatic carbocycles. The van der Waals surface area contributed by atoms with Crippen LogP contribution in [0.4, 0.5) is 8.78 Å². The van der Waals surface area contributed by atoms with E-state index in [1.807, 2.05) is 0 Å². The van der Waals surface area contributed by atoms with Gasteiger partial charge in [-0.15, -0.1) is 8.78 Å². The summed E-state index contributed by atoms with van der Waals surface area (Å²) in [7, 11) is 0. The van der Waals surface area contributed by atoms with Crippen LogP contribution in [0.2, 0.25) is 6.82 Å². The second-order valence-corrected chi connectivity index (χ2v) is 3.02. The van der Waals surface area contributed by atoms with Gasteiger partial charge in [-0.05, 0) is 11.5 Å². The van der Waals surface area contributed by atoms with Crippen LogP contribution in [0.3, 0.4) is 0 Å². The highest BCUT2D eigenvalue weighted by atomic mass is 19.3. The molecule has 0 radical (unpaired) electrons. The lowest BCUT2D eigenvalue weighted by atomic mass is 9.64. The summed E-state index contributed by atoms with van der Waals surface area (Å²) in [5.41, 5.74) is 0.291. The standard InChI is InChI=1S/C8H7BF2O3/c1-9(12)5-3-2-4-6-7(5)14-8(10,11)13-6/h2-4,12H,1H3. The molecule has 14 heavy (non-hydrogen) atoms. The lowest BCUT2D eigenvalue weighted by Crippen LogP contribution is -2.30. The second-order valence-electron chi connectivity index (χ2n) is 3.02. The Labute approximate surface area is 79.4 Å². The molecular weight excluding hydrogens is 193 g/mol. The molecule has 0 amide bonds. The fourth-order valence-electron chi connectivity index (χ4n) is 1.32. The molecule has 2 rings (SSSR count). The first kappa shape index (κ1) is 9.27. The summed E-state index contributed by atoms with van der Waals surface area (Å²) in [6, 6.07) is 4.39. The maximum absolute atomic E-state index is 12.7. The maximum atomic E-state index is 12.7. The molecule has 0 atom stereocenters. The van der Waals surface area contributed by atoms with Gasteiger partial charge in [-0.25, -0.2) is 0 Å². The highest BCUT2D eigenvalue weighted by Gasteiger charge is 2.44. The largest absolute Gasteiger partial charge is 0.586 e. The summed E-state index contributed by atoms with van der Waals surface area (Å²) < 4.78 is 33.8. The van der Waals surface area contributed by atoms with E-state index in [2.05, 4.69) is 9.47 Å². The molecule has 6 heteroatoms. The Morgan fingerprint density at radius 3 is 2.71 bits per heavy atom. The van der Waals surface area contributed by atoms with Gasteiger partial charge in [-0.3, -0.25) is 0 Å². The number of ether oxygens (including phenoxy) is 2. The number of rotatable bonds is 1. The van der Waals surface area contributed by atoms with Gasteiger partial charge in [0.25, 0.3) is 0 Å². The minimum Gasteiger partial charge on any atom is -0.446 e. The molecule has 0 saturated carbocycles. The number of alkyl halides is 2. The number of halogens is 2. The van der Waals surface area contributed by atoms with Gasteiger partial charge in [0.1, 0.15) is 0 Å². The Morgan fingerprint density at radius 1 is 1.36 bits per heavy atom. The molecule has 0 unspecified atom stereocenters. The van der Waals surface area contributed by atoms with Crippen LogP contribution >= 0.6 is 0 Å². The predicted octanol–water partition coefficient (Wildman–Crippen LogP) is 0.829. The molecule has 1 aliphatic heterocycles. The van der Waals surface area contributed by atoms with Gasteiger partial charge in [-0.1, -0.05) is 19.0 Å². The van der Waals surface area contributed by atoms with E-state index in [0.29, 0.717) is 5.46 Å². The predicted molar refractivity (Wildman–Crippen MR) is 46.1 cm³/mol. The van der Waals surface area contributed by atoms with E-state index in [0.717, 1.165) is 0 Å². The third kappa shape index (κ3) is 1.41. The zero-order valence-electron chi connectivity index (χ0n) is 7.33. The van der Waals surface area contributed by atoms with Crippen molar-refractivity contribution in [1.29, 1.82) is 0 Å². The first-order chi connectivity index (χ1) is 6.49. The first-order valence-corrected chi connectivity index (χ1v) is 4.06. The quantitative estimate of drug-likeness (QED) is 0.682. The molecule has 0 saturated heterocycles. The fourth-order valence-corrected chi connectivity index (χ4v) is 1.32. The van der Waals surface area contributed by atoms with Crippen molar-refractivity contribution in [3.63, 3.8) is 0 Å². The average molecular weight is 200 g/mol. The van der Waals surface area contributed by atoms with Crippen molar-refractivity contribution >= 4 is 12.4 Å². The molecule has 1 N–H and O–H groups in total. The van der Waals surface area contributed by atoms with Crippen molar-refractivity contribution in [1.82, 2.24) is 0 Å². The monoisotopic (exact) mass is 200 g/mol. The van der Waals surface area contributed by atoms with Crippen molar-refractivity contribution in [2.45, 2.75) is 13.1 Å². The lowest BCUT2D eigenvalue weighted by molar-refractivity contribution is -0.286.